The van der Waals surface area contributed by atoms with Gasteiger partial charge in [-0.1, -0.05) is 19.3 Å². The van der Waals surface area contributed by atoms with Gasteiger partial charge in [0.05, 0.1) is 0 Å². The molecule has 15 heavy (non-hydrogen) atoms. The highest BCUT2D eigenvalue weighted by atomic mass is 35.5. The molecule has 0 radical (unpaired) electrons. The van der Waals surface area contributed by atoms with Crippen LogP contribution in [0.2, 0.25) is 5.22 Å². The molecule has 0 aromatic carbocycles. The maximum absolute atomic E-state index is 5.96. The first-order chi connectivity index (χ1) is 7.30. The van der Waals surface area contributed by atoms with E-state index in [1.54, 1.807) is 0 Å². The lowest BCUT2D eigenvalue weighted by Crippen LogP contribution is -2.43. The fourth-order valence-electron chi connectivity index (χ4n) is 3.12. The van der Waals surface area contributed by atoms with Crippen molar-refractivity contribution in [3.63, 3.8) is 0 Å². The van der Waals surface area contributed by atoms with Gasteiger partial charge in [-0.05, 0) is 24.4 Å². The summed E-state index contributed by atoms with van der Waals surface area (Å²) in [4.78, 5) is 0. The normalized spacial score (nSPS) is 24.1. The summed E-state index contributed by atoms with van der Waals surface area (Å²) >= 11 is 5.96. The first-order valence-corrected chi connectivity index (χ1v) is 6.17. The maximum atomic E-state index is 5.96. The molecule has 1 aromatic rings. The molecule has 2 aliphatic rings. The van der Waals surface area contributed by atoms with Gasteiger partial charge in [0, 0.05) is 30.1 Å². The van der Waals surface area contributed by atoms with Crippen LogP contribution in [0.5, 0.6) is 0 Å². The van der Waals surface area contributed by atoms with Crippen molar-refractivity contribution < 1.29 is 4.42 Å². The molecule has 0 atom stereocenters. The fourth-order valence-corrected chi connectivity index (χ4v) is 3.33. The second-order valence-electron chi connectivity index (χ2n) is 4.85. The Kier molecular flexibility index (Phi) is 2.29. The zero-order chi connectivity index (χ0) is 10.3. The van der Waals surface area contributed by atoms with Crippen LogP contribution >= 0.6 is 11.6 Å². The van der Waals surface area contributed by atoms with Crippen molar-refractivity contribution in [2.75, 3.05) is 6.54 Å². The smallest absolute Gasteiger partial charge is 0.193 e. The Morgan fingerprint density at radius 1 is 1.27 bits per heavy atom. The lowest BCUT2D eigenvalue weighted by atomic mass is 9.70. The monoisotopic (exact) mass is 225 g/mol. The topological polar surface area (TPSA) is 25.2 Å². The number of rotatable bonds is 0. The quantitative estimate of drug-likeness (QED) is 0.734. The first-order valence-electron chi connectivity index (χ1n) is 5.80. The molecule has 1 saturated carbocycles. The Morgan fingerprint density at radius 2 is 2.07 bits per heavy atom. The van der Waals surface area contributed by atoms with Gasteiger partial charge in [0.25, 0.3) is 0 Å². The van der Waals surface area contributed by atoms with Crippen molar-refractivity contribution in [1.82, 2.24) is 5.32 Å². The van der Waals surface area contributed by atoms with E-state index in [2.05, 4.69) is 5.32 Å². The molecule has 1 N–H and O–H groups in total. The molecule has 1 aliphatic carbocycles. The van der Waals surface area contributed by atoms with E-state index >= 15 is 0 Å². The van der Waals surface area contributed by atoms with E-state index in [1.807, 2.05) is 6.07 Å². The van der Waals surface area contributed by atoms with E-state index in [0.29, 0.717) is 5.22 Å². The highest BCUT2D eigenvalue weighted by Gasteiger charge is 2.40. The summed E-state index contributed by atoms with van der Waals surface area (Å²) < 4.78 is 5.72. The Balaban J connectivity index is 2.03. The van der Waals surface area contributed by atoms with E-state index < -0.39 is 0 Å². The van der Waals surface area contributed by atoms with Crippen molar-refractivity contribution in [3.8, 4) is 0 Å². The van der Waals surface area contributed by atoms with Gasteiger partial charge in [-0.25, -0.2) is 0 Å². The summed E-state index contributed by atoms with van der Waals surface area (Å²) in [6.45, 7) is 1.97. The molecule has 2 heterocycles. The average molecular weight is 226 g/mol. The lowest BCUT2D eigenvalue weighted by molar-refractivity contribution is 0.220. The van der Waals surface area contributed by atoms with Crippen molar-refractivity contribution in [1.29, 1.82) is 0 Å². The van der Waals surface area contributed by atoms with Gasteiger partial charge in [-0.15, -0.1) is 0 Å². The second kappa shape index (κ2) is 3.53. The number of hydrogen-bond donors (Lipinski definition) is 1. The third-order valence-corrected chi connectivity index (χ3v) is 4.04. The Morgan fingerprint density at radius 3 is 2.87 bits per heavy atom. The molecular formula is C12H16ClNO. The maximum Gasteiger partial charge on any atom is 0.193 e. The summed E-state index contributed by atoms with van der Waals surface area (Å²) in [6.07, 6.45) is 6.50. The van der Waals surface area contributed by atoms with Gasteiger partial charge in [0.1, 0.15) is 5.76 Å². The molecule has 3 rings (SSSR count). The van der Waals surface area contributed by atoms with Crippen molar-refractivity contribution in [3.05, 3.63) is 22.6 Å². The number of furan rings is 1. The standard InChI is InChI=1S/C12H16ClNO/c13-10-6-9-7-14-8-12(11(9)15-10)4-2-1-3-5-12/h6,14H,1-5,7-8H2. The molecule has 82 valence electrons. The van der Waals surface area contributed by atoms with Crippen molar-refractivity contribution in [2.45, 2.75) is 44.1 Å². The first kappa shape index (κ1) is 9.73. The van der Waals surface area contributed by atoms with E-state index in [-0.39, 0.29) is 5.41 Å². The number of nitrogens with one attached hydrogen (secondary N) is 1. The lowest BCUT2D eigenvalue weighted by Gasteiger charge is -2.39. The van der Waals surface area contributed by atoms with Gasteiger partial charge >= 0.3 is 0 Å². The predicted molar refractivity (Wildman–Crippen MR) is 60.2 cm³/mol. The van der Waals surface area contributed by atoms with Crippen LogP contribution in [0.15, 0.2) is 10.5 Å². The molecular weight excluding hydrogens is 210 g/mol. The van der Waals surface area contributed by atoms with Gasteiger partial charge in [-0.3, -0.25) is 0 Å². The molecule has 0 unspecified atom stereocenters. The average Bonchev–Trinajstić information content (AvgIpc) is 2.62. The predicted octanol–water partition coefficient (Wildman–Crippen LogP) is 3.24. The summed E-state index contributed by atoms with van der Waals surface area (Å²) in [6, 6.07) is 1.97. The van der Waals surface area contributed by atoms with Crippen LogP contribution in [0, 0.1) is 0 Å². The summed E-state index contributed by atoms with van der Waals surface area (Å²) in [7, 11) is 0. The van der Waals surface area contributed by atoms with Crippen molar-refractivity contribution in [2.24, 2.45) is 0 Å². The highest BCUT2D eigenvalue weighted by Crippen LogP contribution is 2.44. The van der Waals surface area contributed by atoms with Crippen LogP contribution in [0.4, 0.5) is 0 Å². The largest absolute Gasteiger partial charge is 0.449 e. The van der Waals surface area contributed by atoms with Gasteiger partial charge in [0.15, 0.2) is 5.22 Å². The Hall–Kier alpha value is -0.470. The number of hydrogen-bond acceptors (Lipinski definition) is 2. The zero-order valence-corrected chi connectivity index (χ0v) is 9.57. The zero-order valence-electron chi connectivity index (χ0n) is 8.81. The van der Waals surface area contributed by atoms with Crippen molar-refractivity contribution >= 4 is 11.6 Å². The van der Waals surface area contributed by atoms with E-state index in [9.17, 15) is 0 Å². The van der Waals surface area contributed by atoms with E-state index in [4.69, 9.17) is 16.0 Å². The summed E-state index contributed by atoms with van der Waals surface area (Å²) in [5.41, 5.74) is 1.52. The van der Waals surface area contributed by atoms with Crippen LogP contribution in [0.1, 0.15) is 43.4 Å². The minimum Gasteiger partial charge on any atom is -0.449 e. The van der Waals surface area contributed by atoms with Gasteiger partial charge < -0.3 is 9.73 Å². The molecule has 0 bridgehead atoms. The van der Waals surface area contributed by atoms with Gasteiger partial charge in [0.2, 0.25) is 0 Å². The SMILES string of the molecule is Clc1cc2c(o1)C1(CCCCC1)CNC2. The third kappa shape index (κ3) is 1.51. The summed E-state index contributed by atoms with van der Waals surface area (Å²) in [5, 5.41) is 4.05. The minimum absolute atomic E-state index is 0.249. The van der Waals surface area contributed by atoms with Crippen LogP contribution in [-0.2, 0) is 12.0 Å². The van der Waals surface area contributed by atoms with Crippen LogP contribution in [-0.4, -0.2) is 6.54 Å². The Labute approximate surface area is 95.0 Å². The second-order valence-corrected chi connectivity index (χ2v) is 5.22. The molecule has 1 aromatic heterocycles. The molecule has 1 fully saturated rings. The molecule has 1 aliphatic heterocycles. The molecule has 1 spiro atoms. The van der Waals surface area contributed by atoms with Crippen LogP contribution < -0.4 is 5.32 Å². The van der Waals surface area contributed by atoms with E-state index in [1.165, 1.54) is 43.4 Å². The molecule has 2 nitrogen and oxygen atoms in total. The third-order valence-electron chi connectivity index (χ3n) is 3.85. The fraction of sp³-hybridized carbons (Fsp3) is 0.667. The van der Waals surface area contributed by atoms with Gasteiger partial charge in [-0.2, -0.15) is 0 Å². The van der Waals surface area contributed by atoms with E-state index in [0.717, 1.165) is 13.1 Å². The highest BCUT2D eigenvalue weighted by molar-refractivity contribution is 6.28. The number of halogens is 1. The molecule has 0 saturated heterocycles. The van der Waals surface area contributed by atoms with Crippen LogP contribution in [0.3, 0.4) is 0 Å². The number of fused-ring (bicyclic) bond motifs is 2. The summed E-state index contributed by atoms with van der Waals surface area (Å²) in [5.74, 6) is 1.17. The molecule has 0 amide bonds. The molecule has 3 heteroatoms. The van der Waals surface area contributed by atoms with Crippen LogP contribution in [0.25, 0.3) is 0 Å². The minimum atomic E-state index is 0.249. The Bertz CT molecular complexity index is 366.